The molecule has 0 saturated heterocycles. The molecule has 5 nitrogen and oxygen atoms in total. The Balaban J connectivity index is 1.62. The van der Waals surface area contributed by atoms with Gasteiger partial charge in [0.1, 0.15) is 18.1 Å². The third-order valence-corrected chi connectivity index (χ3v) is 3.19. The van der Waals surface area contributed by atoms with E-state index in [0.29, 0.717) is 13.2 Å². The molecule has 2 aromatic carbocycles. The first-order chi connectivity index (χ1) is 11.2. The van der Waals surface area contributed by atoms with E-state index in [1.54, 1.807) is 7.11 Å². The third kappa shape index (κ3) is 6.00. The van der Waals surface area contributed by atoms with Crippen molar-refractivity contribution in [2.24, 2.45) is 0 Å². The molecule has 2 N–H and O–H groups in total. The van der Waals surface area contributed by atoms with E-state index >= 15 is 0 Å². The van der Waals surface area contributed by atoms with Gasteiger partial charge in [-0.15, -0.1) is 0 Å². The lowest BCUT2D eigenvalue weighted by molar-refractivity contribution is -0.115. The second-order valence-electron chi connectivity index (χ2n) is 5.12. The molecule has 0 radical (unpaired) electrons. The first kappa shape index (κ1) is 16.8. The lowest BCUT2D eigenvalue weighted by Crippen LogP contribution is -2.31. The Hall–Kier alpha value is -2.53. The number of methoxy groups -OCH3 is 1. The van der Waals surface area contributed by atoms with Crippen LogP contribution in [0.5, 0.6) is 11.5 Å². The SMILES string of the molecule is COc1ccc(OCCNCC(=O)Nc2cccc(C)c2)cc1. The van der Waals surface area contributed by atoms with Crippen molar-refractivity contribution in [1.29, 1.82) is 0 Å². The molecule has 5 heteroatoms. The summed E-state index contributed by atoms with van der Waals surface area (Å²) in [6.07, 6.45) is 0. The summed E-state index contributed by atoms with van der Waals surface area (Å²) in [5.74, 6) is 1.50. The third-order valence-electron chi connectivity index (χ3n) is 3.19. The molecule has 0 saturated carbocycles. The number of amides is 1. The summed E-state index contributed by atoms with van der Waals surface area (Å²) in [6, 6.07) is 15.1. The summed E-state index contributed by atoms with van der Waals surface area (Å²) >= 11 is 0. The molecule has 0 atom stereocenters. The van der Waals surface area contributed by atoms with E-state index in [1.807, 2.05) is 55.5 Å². The number of rotatable bonds is 8. The Morgan fingerprint density at radius 3 is 2.52 bits per heavy atom. The first-order valence-corrected chi connectivity index (χ1v) is 7.51. The van der Waals surface area contributed by atoms with E-state index in [-0.39, 0.29) is 12.5 Å². The van der Waals surface area contributed by atoms with Crippen LogP contribution in [0, 0.1) is 6.92 Å². The maximum absolute atomic E-state index is 11.8. The van der Waals surface area contributed by atoms with E-state index in [0.717, 1.165) is 22.7 Å². The molecule has 0 aliphatic rings. The highest BCUT2D eigenvalue weighted by Gasteiger charge is 2.02. The first-order valence-electron chi connectivity index (χ1n) is 7.51. The number of carbonyl (C=O) groups excluding carboxylic acids is 1. The minimum absolute atomic E-state index is 0.0694. The van der Waals surface area contributed by atoms with Crippen LogP contribution in [0.2, 0.25) is 0 Å². The average Bonchev–Trinajstić information content (AvgIpc) is 2.55. The minimum Gasteiger partial charge on any atom is -0.497 e. The van der Waals surface area contributed by atoms with Crippen LogP contribution < -0.4 is 20.1 Å². The average molecular weight is 314 g/mol. The molecule has 0 bridgehead atoms. The normalized spacial score (nSPS) is 10.2. The minimum atomic E-state index is -0.0694. The zero-order valence-corrected chi connectivity index (χ0v) is 13.5. The number of aryl methyl sites for hydroxylation is 1. The molecule has 0 aliphatic heterocycles. The van der Waals surface area contributed by atoms with Gasteiger partial charge in [0, 0.05) is 12.2 Å². The van der Waals surface area contributed by atoms with Gasteiger partial charge in [0.05, 0.1) is 13.7 Å². The van der Waals surface area contributed by atoms with Crippen LogP contribution in [0.4, 0.5) is 5.69 Å². The van der Waals surface area contributed by atoms with Crippen LogP contribution in [0.15, 0.2) is 48.5 Å². The van der Waals surface area contributed by atoms with Crippen molar-refractivity contribution >= 4 is 11.6 Å². The smallest absolute Gasteiger partial charge is 0.238 e. The molecule has 0 spiro atoms. The Morgan fingerprint density at radius 1 is 1.09 bits per heavy atom. The van der Waals surface area contributed by atoms with Gasteiger partial charge in [-0.05, 0) is 48.9 Å². The zero-order valence-electron chi connectivity index (χ0n) is 13.5. The van der Waals surface area contributed by atoms with Crippen molar-refractivity contribution in [1.82, 2.24) is 5.32 Å². The van der Waals surface area contributed by atoms with Crippen molar-refractivity contribution < 1.29 is 14.3 Å². The van der Waals surface area contributed by atoms with Crippen LogP contribution >= 0.6 is 0 Å². The predicted octanol–water partition coefficient (Wildman–Crippen LogP) is 2.61. The van der Waals surface area contributed by atoms with Crippen LogP contribution in [-0.2, 0) is 4.79 Å². The largest absolute Gasteiger partial charge is 0.497 e. The molecule has 0 aliphatic carbocycles. The standard InChI is InChI=1S/C18H22N2O3/c1-14-4-3-5-15(12-14)20-18(21)13-19-10-11-23-17-8-6-16(22-2)7-9-17/h3-9,12,19H,10-11,13H2,1-2H3,(H,20,21). The topological polar surface area (TPSA) is 59.6 Å². The molecular formula is C18H22N2O3. The van der Waals surface area contributed by atoms with E-state index in [9.17, 15) is 4.79 Å². The molecule has 0 fully saturated rings. The van der Waals surface area contributed by atoms with Crippen LogP contribution in [0.25, 0.3) is 0 Å². The monoisotopic (exact) mass is 314 g/mol. The Bertz CT molecular complexity index is 626. The van der Waals surface area contributed by atoms with Crippen molar-refractivity contribution in [2.75, 3.05) is 32.1 Å². The fourth-order valence-electron chi connectivity index (χ4n) is 2.04. The van der Waals surface area contributed by atoms with Crippen LogP contribution in [0.1, 0.15) is 5.56 Å². The molecule has 23 heavy (non-hydrogen) atoms. The fraction of sp³-hybridized carbons (Fsp3) is 0.278. The fourth-order valence-corrected chi connectivity index (χ4v) is 2.04. The van der Waals surface area contributed by atoms with E-state index < -0.39 is 0 Å². The van der Waals surface area contributed by atoms with Gasteiger partial charge in [0.25, 0.3) is 0 Å². The summed E-state index contributed by atoms with van der Waals surface area (Å²) in [7, 11) is 1.63. The van der Waals surface area contributed by atoms with E-state index in [2.05, 4.69) is 10.6 Å². The maximum atomic E-state index is 11.8. The molecular weight excluding hydrogens is 292 g/mol. The van der Waals surface area contributed by atoms with Gasteiger partial charge in [-0.3, -0.25) is 4.79 Å². The van der Waals surface area contributed by atoms with Gasteiger partial charge in [0.2, 0.25) is 5.91 Å². The highest BCUT2D eigenvalue weighted by molar-refractivity contribution is 5.92. The van der Waals surface area contributed by atoms with Crippen molar-refractivity contribution in [2.45, 2.75) is 6.92 Å². The number of benzene rings is 2. The summed E-state index contributed by atoms with van der Waals surface area (Å²) < 4.78 is 10.7. The van der Waals surface area contributed by atoms with Gasteiger partial charge in [-0.1, -0.05) is 12.1 Å². The molecule has 0 unspecified atom stereocenters. The lowest BCUT2D eigenvalue weighted by Gasteiger charge is -2.09. The number of hydrogen-bond donors (Lipinski definition) is 2. The van der Waals surface area contributed by atoms with Gasteiger partial charge >= 0.3 is 0 Å². The molecule has 2 rings (SSSR count). The number of ether oxygens (including phenoxy) is 2. The summed E-state index contributed by atoms with van der Waals surface area (Å²) in [4.78, 5) is 11.8. The summed E-state index contributed by atoms with van der Waals surface area (Å²) in [5.41, 5.74) is 1.93. The van der Waals surface area contributed by atoms with Crippen molar-refractivity contribution in [3.05, 3.63) is 54.1 Å². The molecule has 0 heterocycles. The second kappa shape index (κ2) is 8.80. The molecule has 1 amide bonds. The zero-order chi connectivity index (χ0) is 16.5. The quantitative estimate of drug-likeness (QED) is 0.735. The van der Waals surface area contributed by atoms with E-state index in [4.69, 9.17) is 9.47 Å². The number of nitrogens with one attached hydrogen (secondary N) is 2. The number of anilines is 1. The van der Waals surface area contributed by atoms with Gasteiger partial charge in [0.15, 0.2) is 0 Å². The lowest BCUT2D eigenvalue weighted by atomic mass is 10.2. The van der Waals surface area contributed by atoms with Gasteiger partial charge < -0.3 is 20.1 Å². The van der Waals surface area contributed by atoms with Crippen molar-refractivity contribution in [3.63, 3.8) is 0 Å². The molecule has 122 valence electrons. The van der Waals surface area contributed by atoms with Crippen molar-refractivity contribution in [3.8, 4) is 11.5 Å². The second-order valence-corrected chi connectivity index (χ2v) is 5.12. The number of carbonyl (C=O) groups is 1. The number of hydrogen-bond acceptors (Lipinski definition) is 4. The maximum Gasteiger partial charge on any atom is 0.238 e. The Labute approximate surface area is 136 Å². The van der Waals surface area contributed by atoms with Gasteiger partial charge in [-0.25, -0.2) is 0 Å². The van der Waals surface area contributed by atoms with E-state index in [1.165, 1.54) is 0 Å². The highest BCUT2D eigenvalue weighted by Crippen LogP contribution is 2.16. The van der Waals surface area contributed by atoms with Gasteiger partial charge in [-0.2, -0.15) is 0 Å². The molecule has 0 aromatic heterocycles. The summed E-state index contributed by atoms with van der Waals surface area (Å²) in [5, 5.41) is 5.90. The predicted molar refractivity (Wildman–Crippen MR) is 91.2 cm³/mol. The Morgan fingerprint density at radius 2 is 1.83 bits per heavy atom. The molecule has 2 aromatic rings. The Kier molecular flexibility index (Phi) is 6.44. The van der Waals surface area contributed by atoms with Crippen LogP contribution in [0.3, 0.4) is 0 Å². The highest BCUT2D eigenvalue weighted by atomic mass is 16.5. The summed E-state index contributed by atoms with van der Waals surface area (Å²) in [6.45, 7) is 3.32. The van der Waals surface area contributed by atoms with Crippen LogP contribution in [-0.4, -0.2) is 32.7 Å².